The molecule has 152 valence electrons. The molecule has 0 radical (unpaired) electrons. The molecule has 8 heteroatoms. The number of carbonyl (C=O) groups is 3. The van der Waals surface area contributed by atoms with Gasteiger partial charge in [0.2, 0.25) is 11.8 Å². The molecule has 2 aromatic rings. The third kappa shape index (κ3) is 7.37. The molecule has 0 atom stereocenters. The summed E-state index contributed by atoms with van der Waals surface area (Å²) in [5, 5.41) is 2.68. The Labute approximate surface area is 168 Å². The summed E-state index contributed by atoms with van der Waals surface area (Å²) < 4.78 is 10.3. The number of ether oxygens (including phenoxy) is 2. The van der Waals surface area contributed by atoms with E-state index in [4.69, 9.17) is 9.47 Å². The molecule has 0 saturated heterocycles. The average Bonchev–Trinajstić information content (AvgIpc) is 2.75. The topological polar surface area (TPSA) is 106 Å². The molecule has 0 aliphatic carbocycles. The Balaban J connectivity index is 1.73. The molecule has 0 aromatic heterocycles. The SMILES string of the molecule is COc1ccc(/C=C/C(=O)NNC(=O)CCC(=O)Nc2ccccc2)cc1OC. The fraction of sp³-hybridized carbons (Fsp3) is 0.190. The highest BCUT2D eigenvalue weighted by Gasteiger charge is 2.08. The Kier molecular flexibility index (Phi) is 8.25. The second kappa shape index (κ2) is 11.1. The van der Waals surface area contributed by atoms with Crippen LogP contribution in [0.3, 0.4) is 0 Å². The van der Waals surface area contributed by atoms with Crippen LogP contribution in [0.4, 0.5) is 5.69 Å². The van der Waals surface area contributed by atoms with Gasteiger partial charge in [0.05, 0.1) is 14.2 Å². The molecule has 3 N–H and O–H groups in total. The van der Waals surface area contributed by atoms with E-state index in [1.165, 1.54) is 20.3 Å². The largest absolute Gasteiger partial charge is 0.493 e. The number of hydrogen-bond acceptors (Lipinski definition) is 5. The summed E-state index contributed by atoms with van der Waals surface area (Å²) in [6.07, 6.45) is 2.77. The van der Waals surface area contributed by atoms with Crippen LogP contribution in [0.25, 0.3) is 6.08 Å². The number of rotatable bonds is 8. The molecule has 0 unspecified atom stereocenters. The van der Waals surface area contributed by atoms with E-state index in [1.807, 2.05) is 6.07 Å². The minimum absolute atomic E-state index is 0.00190. The maximum atomic E-state index is 11.8. The molecule has 0 heterocycles. The van der Waals surface area contributed by atoms with Gasteiger partial charge in [0.25, 0.3) is 5.91 Å². The number of benzene rings is 2. The summed E-state index contributed by atoms with van der Waals surface area (Å²) in [6.45, 7) is 0. The van der Waals surface area contributed by atoms with Crippen LogP contribution in [0.5, 0.6) is 11.5 Å². The quantitative estimate of drug-likeness (QED) is 0.468. The van der Waals surface area contributed by atoms with E-state index in [0.717, 1.165) is 5.56 Å². The van der Waals surface area contributed by atoms with Gasteiger partial charge in [-0.2, -0.15) is 0 Å². The Morgan fingerprint density at radius 2 is 1.55 bits per heavy atom. The third-order valence-electron chi connectivity index (χ3n) is 3.80. The lowest BCUT2D eigenvalue weighted by atomic mass is 10.2. The van der Waals surface area contributed by atoms with Crippen molar-refractivity contribution in [2.75, 3.05) is 19.5 Å². The van der Waals surface area contributed by atoms with Gasteiger partial charge in [0, 0.05) is 24.6 Å². The van der Waals surface area contributed by atoms with E-state index >= 15 is 0 Å². The molecule has 29 heavy (non-hydrogen) atoms. The fourth-order valence-corrected chi connectivity index (χ4v) is 2.34. The Hall–Kier alpha value is -3.81. The number of methoxy groups -OCH3 is 2. The zero-order chi connectivity index (χ0) is 21.1. The first-order valence-electron chi connectivity index (χ1n) is 8.85. The van der Waals surface area contributed by atoms with E-state index in [-0.39, 0.29) is 18.7 Å². The number of hydrogen-bond donors (Lipinski definition) is 3. The van der Waals surface area contributed by atoms with Crippen LogP contribution in [0.2, 0.25) is 0 Å². The Bertz CT molecular complexity index is 881. The van der Waals surface area contributed by atoms with Gasteiger partial charge in [-0.3, -0.25) is 25.2 Å². The highest BCUT2D eigenvalue weighted by molar-refractivity contribution is 5.95. The number of carbonyl (C=O) groups excluding carboxylic acids is 3. The van der Waals surface area contributed by atoms with Crippen molar-refractivity contribution in [1.82, 2.24) is 10.9 Å². The second-order valence-electron chi connectivity index (χ2n) is 5.90. The van der Waals surface area contributed by atoms with Crippen molar-refractivity contribution >= 4 is 29.5 Å². The first-order valence-corrected chi connectivity index (χ1v) is 8.85. The van der Waals surface area contributed by atoms with Crippen molar-refractivity contribution in [3.05, 3.63) is 60.2 Å². The lowest BCUT2D eigenvalue weighted by Crippen LogP contribution is -2.41. The third-order valence-corrected chi connectivity index (χ3v) is 3.80. The van der Waals surface area contributed by atoms with E-state index in [9.17, 15) is 14.4 Å². The van der Waals surface area contributed by atoms with Gasteiger partial charge in [-0.05, 0) is 35.9 Å². The molecule has 8 nitrogen and oxygen atoms in total. The van der Waals surface area contributed by atoms with E-state index in [0.29, 0.717) is 17.2 Å². The van der Waals surface area contributed by atoms with Gasteiger partial charge in [-0.15, -0.1) is 0 Å². The van der Waals surface area contributed by atoms with E-state index < -0.39 is 11.8 Å². The monoisotopic (exact) mass is 397 g/mol. The van der Waals surface area contributed by atoms with Gasteiger partial charge < -0.3 is 14.8 Å². The molecule has 3 amide bonds. The predicted molar refractivity (Wildman–Crippen MR) is 109 cm³/mol. The Morgan fingerprint density at radius 3 is 2.24 bits per heavy atom. The lowest BCUT2D eigenvalue weighted by molar-refractivity contribution is -0.128. The second-order valence-corrected chi connectivity index (χ2v) is 5.90. The average molecular weight is 397 g/mol. The molecule has 0 saturated carbocycles. The smallest absolute Gasteiger partial charge is 0.262 e. The number of amides is 3. The number of para-hydroxylation sites is 1. The van der Waals surface area contributed by atoms with Gasteiger partial charge in [-0.1, -0.05) is 24.3 Å². The van der Waals surface area contributed by atoms with Crippen LogP contribution in [-0.4, -0.2) is 31.9 Å². The normalized spacial score (nSPS) is 10.3. The highest BCUT2D eigenvalue weighted by Crippen LogP contribution is 2.27. The van der Waals surface area contributed by atoms with Gasteiger partial charge in [-0.25, -0.2) is 0 Å². The fourth-order valence-electron chi connectivity index (χ4n) is 2.34. The molecule has 0 bridgehead atoms. The minimum Gasteiger partial charge on any atom is -0.493 e. The summed E-state index contributed by atoms with van der Waals surface area (Å²) in [4.78, 5) is 35.4. The van der Waals surface area contributed by atoms with Gasteiger partial charge >= 0.3 is 0 Å². The molecule has 0 spiro atoms. The number of nitrogens with one attached hydrogen (secondary N) is 3. The van der Waals surface area contributed by atoms with Crippen LogP contribution >= 0.6 is 0 Å². The standard InChI is InChI=1S/C21H23N3O5/c1-28-17-10-8-15(14-18(17)29-2)9-11-20(26)23-24-21(27)13-12-19(25)22-16-6-4-3-5-7-16/h3-11,14H,12-13H2,1-2H3,(H,22,25)(H,23,26)(H,24,27)/b11-9+. The van der Waals surface area contributed by atoms with E-state index in [2.05, 4.69) is 16.2 Å². The number of hydrazine groups is 1. The van der Waals surface area contributed by atoms with Crippen LogP contribution in [0, 0.1) is 0 Å². The molecule has 0 fully saturated rings. The zero-order valence-electron chi connectivity index (χ0n) is 16.2. The minimum atomic E-state index is -0.512. The van der Waals surface area contributed by atoms with E-state index in [1.54, 1.807) is 48.5 Å². The van der Waals surface area contributed by atoms with Crippen molar-refractivity contribution in [2.45, 2.75) is 12.8 Å². The summed E-state index contributed by atoms with van der Waals surface area (Å²) >= 11 is 0. The summed E-state index contributed by atoms with van der Waals surface area (Å²) in [7, 11) is 3.06. The molecule has 0 aliphatic rings. The first kappa shape index (κ1) is 21.5. The van der Waals surface area contributed by atoms with Crippen LogP contribution in [0.1, 0.15) is 18.4 Å². The molecule has 0 aliphatic heterocycles. The summed E-state index contributed by atoms with van der Waals surface area (Å²) in [5.41, 5.74) is 5.91. The van der Waals surface area contributed by atoms with Gasteiger partial charge in [0.15, 0.2) is 11.5 Å². The maximum absolute atomic E-state index is 11.8. The zero-order valence-corrected chi connectivity index (χ0v) is 16.2. The van der Waals surface area contributed by atoms with Crippen molar-refractivity contribution < 1.29 is 23.9 Å². The number of anilines is 1. The molecule has 2 aromatic carbocycles. The first-order chi connectivity index (χ1) is 14.0. The Morgan fingerprint density at radius 1 is 0.862 bits per heavy atom. The van der Waals surface area contributed by atoms with Crippen LogP contribution in [-0.2, 0) is 14.4 Å². The summed E-state index contributed by atoms with van der Waals surface area (Å²) in [6, 6.07) is 14.1. The van der Waals surface area contributed by atoms with Crippen LogP contribution < -0.4 is 25.6 Å². The highest BCUT2D eigenvalue weighted by atomic mass is 16.5. The lowest BCUT2D eigenvalue weighted by Gasteiger charge is -2.08. The summed E-state index contributed by atoms with van der Waals surface area (Å²) in [5.74, 6) is -0.149. The van der Waals surface area contributed by atoms with Crippen molar-refractivity contribution in [3.63, 3.8) is 0 Å². The molecular weight excluding hydrogens is 374 g/mol. The molecule has 2 rings (SSSR count). The van der Waals surface area contributed by atoms with Crippen LogP contribution in [0.15, 0.2) is 54.6 Å². The van der Waals surface area contributed by atoms with Crippen molar-refractivity contribution in [2.24, 2.45) is 0 Å². The predicted octanol–water partition coefficient (Wildman–Crippen LogP) is 2.28. The van der Waals surface area contributed by atoms with Crippen molar-refractivity contribution in [1.29, 1.82) is 0 Å². The van der Waals surface area contributed by atoms with Gasteiger partial charge in [0.1, 0.15) is 0 Å². The maximum Gasteiger partial charge on any atom is 0.262 e. The van der Waals surface area contributed by atoms with Crippen molar-refractivity contribution in [3.8, 4) is 11.5 Å². The molecular formula is C21H23N3O5.